The van der Waals surface area contributed by atoms with Crippen LogP contribution in [0.25, 0.3) is 11.2 Å². The van der Waals surface area contributed by atoms with Crippen LogP contribution in [0.5, 0.6) is 0 Å². The van der Waals surface area contributed by atoms with Gasteiger partial charge in [-0.2, -0.15) is 4.98 Å². The number of rotatable bonds is 1. The average molecular weight is 209 g/mol. The second-order valence-corrected chi connectivity index (χ2v) is 3.20. The standard InChI is InChI=1S/C8H11N5O2/c1-3-13-5-4(6(14)11-8(13)15)12(2)7(9)10-5/h3H2,1-2H3,(H2,9,10)(H,11,14,15). The smallest absolute Gasteiger partial charge is 0.330 e. The van der Waals surface area contributed by atoms with E-state index in [4.69, 9.17) is 5.73 Å². The lowest BCUT2D eigenvalue weighted by atomic mass is 10.5. The maximum atomic E-state index is 11.5. The normalized spacial score (nSPS) is 11.1. The zero-order chi connectivity index (χ0) is 11.2. The van der Waals surface area contributed by atoms with Crippen LogP contribution in [0.1, 0.15) is 6.92 Å². The molecule has 2 heterocycles. The summed E-state index contributed by atoms with van der Waals surface area (Å²) in [6, 6.07) is 0. The second-order valence-electron chi connectivity index (χ2n) is 3.20. The number of nitrogens with zero attached hydrogens (tertiary/aromatic N) is 3. The third-order valence-corrected chi connectivity index (χ3v) is 2.36. The Morgan fingerprint density at radius 2 is 2.13 bits per heavy atom. The Kier molecular flexibility index (Phi) is 1.88. The molecule has 3 N–H and O–H groups in total. The van der Waals surface area contributed by atoms with Gasteiger partial charge in [-0.05, 0) is 6.92 Å². The Balaban J connectivity index is 3.10. The van der Waals surface area contributed by atoms with Crippen molar-refractivity contribution in [1.82, 2.24) is 19.1 Å². The molecule has 0 radical (unpaired) electrons. The molecular weight excluding hydrogens is 198 g/mol. The number of nitrogen functional groups attached to an aromatic ring is 1. The summed E-state index contributed by atoms with van der Waals surface area (Å²) in [6.45, 7) is 2.23. The molecule has 0 amide bonds. The highest BCUT2D eigenvalue weighted by molar-refractivity contribution is 5.73. The van der Waals surface area contributed by atoms with Crippen molar-refractivity contribution in [2.75, 3.05) is 5.73 Å². The van der Waals surface area contributed by atoms with Gasteiger partial charge in [0.05, 0.1) is 0 Å². The number of H-pyrrole nitrogens is 1. The number of nitrogens with one attached hydrogen (secondary N) is 1. The Bertz CT molecular complexity index is 633. The van der Waals surface area contributed by atoms with Gasteiger partial charge in [0.25, 0.3) is 5.56 Å². The predicted molar refractivity (Wildman–Crippen MR) is 55.7 cm³/mol. The number of imidazole rings is 1. The molecule has 15 heavy (non-hydrogen) atoms. The summed E-state index contributed by atoms with van der Waals surface area (Å²) < 4.78 is 2.83. The van der Waals surface area contributed by atoms with Crippen molar-refractivity contribution in [3.8, 4) is 0 Å². The van der Waals surface area contributed by atoms with Crippen LogP contribution in [0.15, 0.2) is 9.59 Å². The summed E-state index contributed by atoms with van der Waals surface area (Å²) in [4.78, 5) is 29.2. The summed E-state index contributed by atoms with van der Waals surface area (Å²) in [7, 11) is 1.63. The Hall–Kier alpha value is -2.05. The molecule has 0 aliphatic rings. The van der Waals surface area contributed by atoms with Crippen molar-refractivity contribution in [2.24, 2.45) is 7.05 Å². The van der Waals surface area contributed by atoms with Crippen molar-refractivity contribution in [2.45, 2.75) is 13.5 Å². The highest BCUT2D eigenvalue weighted by atomic mass is 16.2. The fourth-order valence-electron chi connectivity index (χ4n) is 1.56. The third-order valence-electron chi connectivity index (χ3n) is 2.36. The van der Waals surface area contributed by atoms with Gasteiger partial charge in [-0.25, -0.2) is 4.79 Å². The van der Waals surface area contributed by atoms with E-state index >= 15 is 0 Å². The molecule has 7 nitrogen and oxygen atoms in total. The summed E-state index contributed by atoms with van der Waals surface area (Å²) in [6.07, 6.45) is 0. The van der Waals surface area contributed by atoms with E-state index in [9.17, 15) is 9.59 Å². The van der Waals surface area contributed by atoms with Gasteiger partial charge < -0.3 is 10.3 Å². The molecule has 0 aromatic carbocycles. The summed E-state index contributed by atoms with van der Waals surface area (Å²) in [5.74, 6) is 0.211. The number of fused-ring (bicyclic) bond motifs is 1. The van der Waals surface area contributed by atoms with Crippen LogP contribution >= 0.6 is 0 Å². The zero-order valence-corrected chi connectivity index (χ0v) is 8.44. The lowest BCUT2D eigenvalue weighted by molar-refractivity contribution is 0.719. The molecule has 2 aromatic rings. The Morgan fingerprint density at radius 3 is 2.73 bits per heavy atom. The monoisotopic (exact) mass is 209 g/mol. The molecule has 80 valence electrons. The van der Waals surface area contributed by atoms with E-state index < -0.39 is 11.2 Å². The first-order chi connectivity index (χ1) is 7.06. The first-order valence-electron chi connectivity index (χ1n) is 4.51. The van der Waals surface area contributed by atoms with Gasteiger partial charge in [-0.1, -0.05) is 0 Å². The minimum Gasteiger partial charge on any atom is -0.369 e. The van der Waals surface area contributed by atoms with Crippen LogP contribution in [0.2, 0.25) is 0 Å². The Morgan fingerprint density at radius 1 is 1.47 bits per heavy atom. The molecule has 0 atom stereocenters. The third kappa shape index (κ3) is 1.16. The summed E-state index contributed by atoms with van der Waals surface area (Å²) in [5, 5.41) is 0. The van der Waals surface area contributed by atoms with Gasteiger partial charge in [-0.15, -0.1) is 0 Å². The van der Waals surface area contributed by atoms with Crippen molar-refractivity contribution < 1.29 is 0 Å². The summed E-state index contributed by atoms with van der Waals surface area (Å²) >= 11 is 0. The van der Waals surface area contributed by atoms with Gasteiger partial charge in [-0.3, -0.25) is 14.3 Å². The maximum absolute atomic E-state index is 11.5. The lowest BCUT2D eigenvalue weighted by Crippen LogP contribution is -2.30. The van der Waals surface area contributed by atoms with E-state index in [2.05, 4.69) is 9.97 Å². The van der Waals surface area contributed by atoms with E-state index in [1.807, 2.05) is 0 Å². The predicted octanol–water partition coefficient (Wildman–Crippen LogP) is -0.975. The molecule has 0 spiro atoms. The molecule has 0 fully saturated rings. The fraction of sp³-hybridized carbons (Fsp3) is 0.375. The molecule has 0 aliphatic carbocycles. The van der Waals surface area contributed by atoms with Crippen LogP contribution in [0.4, 0.5) is 5.95 Å². The maximum Gasteiger partial charge on any atom is 0.330 e. The van der Waals surface area contributed by atoms with Crippen molar-refractivity contribution in [1.29, 1.82) is 0 Å². The van der Waals surface area contributed by atoms with Crippen molar-refractivity contribution >= 4 is 17.1 Å². The highest BCUT2D eigenvalue weighted by Crippen LogP contribution is 2.09. The molecule has 0 bridgehead atoms. The number of anilines is 1. The molecular formula is C8H11N5O2. The van der Waals surface area contributed by atoms with E-state index in [0.717, 1.165) is 0 Å². The second kappa shape index (κ2) is 2.97. The van der Waals surface area contributed by atoms with E-state index in [-0.39, 0.29) is 5.95 Å². The minimum absolute atomic E-state index is 0.211. The van der Waals surface area contributed by atoms with Crippen LogP contribution in [-0.4, -0.2) is 19.1 Å². The molecule has 2 rings (SSSR count). The van der Waals surface area contributed by atoms with Gasteiger partial charge in [0.15, 0.2) is 11.2 Å². The van der Waals surface area contributed by atoms with Crippen molar-refractivity contribution in [3.05, 3.63) is 20.8 Å². The van der Waals surface area contributed by atoms with Gasteiger partial charge in [0, 0.05) is 13.6 Å². The van der Waals surface area contributed by atoms with E-state index in [1.165, 1.54) is 9.13 Å². The number of nitrogens with two attached hydrogens (primary N) is 1. The Labute approximate surface area is 84.2 Å². The number of hydrogen-bond acceptors (Lipinski definition) is 4. The van der Waals surface area contributed by atoms with Gasteiger partial charge in [0.1, 0.15) is 0 Å². The SMILES string of the molecule is CCn1c(=O)[nH]c(=O)c2c1nc(N)n2C. The molecule has 0 saturated heterocycles. The average Bonchev–Trinajstić information content (AvgIpc) is 2.44. The number of aromatic amines is 1. The van der Waals surface area contributed by atoms with Crippen LogP contribution in [-0.2, 0) is 13.6 Å². The fourth-order valence-corrected chi connectivity index (χ4v) is 1.56. The van der Waals surface area contributed by atoms with E-state index in [0.29, 0.717) is 17.7 Å². The number of aromatic nitrogens is 4. The number of aryl methyl sites for hydroxylation is 2. The topological polar surface area (TPSA) is 98.7 Å². The first-order valence-corrected chi connectivity index (χ1v) is 4.51. The van der Waals surface area contributed by atoms with Crippen LogP contribution in [0.3, 0.4) is 0 Å². The molecule has 0 aliphatic heterocycles. The largest absolute Gasteiger partial charge is 0.369 e. The van der Waals surface area contributed by atoms with Crippen LogP contribution in [0, 0.1) is 0 Å². The van der Waals surface area contributed by atoms with Crippen molar-refractivity contribution in [3.63, 3.8) is 0 Å². The van der Waals surface area contributed by atoms with E-state index in [1.54, 1.807) is 14.0 Å². The van der Waals surface area contributed by atoms with Crippen LogP contribution < -0.4 is 17.0 Å². The number of hydrogen-bond donors (Lipinski definition) is 2. The highest BCUT2D eigenvalue weighted by Gasteiger charge is 2.13. The lowest BCUT2D eigenvalue weighted by Gasteiger charge is -2.01. The minimum atomic E-state index is -0.466. The molecule has 0 saturated carbocycles. The first kappa shape index (κ1) is 9.50. The van der Waals surface area contributed by atoms with Gasteiger partial charge in [0.2, 0.25) is 5.95 Å². The quantitative estimate of drug-likeness (QED) is 0.631. The van der Waals surface area contributed by atoms with Gasteiger partial charge >= 0.3 is 5.69 Å². The molecule has 0 unspecified atom stereocenters. The molecule has 2 aromatic heterocycles. The molecule has 7 heteroatoms. The zero-order valence-electron chi connectivity index (χ0n) is 8.44. The summed E-state index contributed by atoms with van der Waals surface area (Å²) in [5.41, 5.74) is 5.29.